The molecule has 6 heteroatoms. The minimum absolute atomic E-state index is 0.233. The van der Waals surface area contributed by atoms with Crippen LogP contribution in [0.15, 0.2) is 17.1 Å². The third-order valence-corrected chi connectivity index (χ3v) is 5.52. The summed E-state index contributed by atoms with van der Waals surface area (Å²) < 4.78 is 16.9. The van der Waals surface area contributed by atoms with E-state index in [-0.39, 0.29) is 6.10 Å². The van der Waals surface area contributed by atoms with Gasteiger partial charge in [0.25, 0.3) is 0 Å². The highest BCUT2D eigenvalue weighted by atomic mass is 16.5. The van der Waals surface area contributed by atoms with Crippen LogP contribution in [0.25, 0.3) is 0 Å². The van der Waals surface area contributed by atoms with Crippen molar-refractivity contribution in [2.45, 2.75) is 45.3 Å². The predicted molar refractivity (Wildman–Crippen MR) is 108 cm³/mol. The van der Waals surface area contributed by atoms with Gasteiger partial charge in [0, 0.05) is 57.9 Å². The number of aliphatic imine (C=N–C) groups is 1. The average Bonchev–Trinajstić information content (AvgIpc) is 3.05. The number of methoxy groups -OCH3 is 1. The molecular weight excluding hydrogens is 342 g/mol. The highest BCUT2D eigenvalue weighted by Crippen LogP contribution is 2.34. The van der Waals surface area contributed by atoms with E-state index in [4.69, 9.17) is 14.2 Å². The molecule has 2 aliphatic heterocycles. The first-order valence-electron chi connectivity index (χ1n) is 9.96. The molecule has 0 aromatic heterocycles. The van der Waals surface area contributed by atoms with Crippen molar-refractivity contribution in [3.63, 3.8) is 0 Å². The van der Waals surface area contributed by atoms with Gasteiger partial charge in [-0.3, -0.25) is 4.99 Å². The van der Waals surface area contributed by atoms with E-state index in [1.807, 2.05) is 7.05 Å². The van der Waals surface area contributed by atoms with E-state index in [0.29, 0.717) is 6.54 Å². The van der Waals surface area contributed by atoms with Crippen molar-refractivity contribution >= 4 is 5.96 Å². The lowest BCUT2D eigenvalue weighted by Gasteiger charge is -2.27. The van der Waals surface area contributed by atoms with Crippen LogP contribution in [-0.4, -0.2) is 57.9 Å². The molecule has 0 saturated carbocycles. The highest BCUT2D eigenvalue weighted by Gasteiger charge is 2.22. The lowest BCUT2D eigenvalue weighted by atomic mass is 9.96. The summed E-state index contributed by atoms with van der Waals surface area (Å²) in [6, 6.07) is 4.20. The Morgan fingerprint density at radius 3 is 2.81 bits per heavy atom. The van der Waals surface area contributed by atoms with Gasteiger partial charge in [0.05, 0.1) is 7.11 Å². The van der Waals surface area contributed by atoms with Gasteiger partial charge in [0.15, 0.2) is 5.96 Å². The van der Waals surface area contributed by atoms with Crippen LogP contribution < -0.4 is 14.8 Å². The van der Waals surface area contributed by atoms with Gasteiger partial charge in [-0.1, -0.05) is 0 Å². The first-order chi connectivity index (χ1) is 13.1. The number of guanidine groups is 1. The fourth-order valence-electron chi connectivity index (χ4n) is 3.89. The summed E-state index contributed by atoms with van der Waals surface area (Å²) in [4.78, 5) is 6.64. The van der Waals surface area contributed by atoms with E-state index in [9.17, 15) is 0 Å². The molecule has 27 heavy (non-hydrogen) atoms. The van der Waals surface area contributed by atoms with Gasteiger partial charge in [-0.05, 0) is 44.2 Å². The number of fused-ring (bicyclic) bond motifs is 1. The first kappa shape index (κ1) is 19.8. The molecule has 1 N–H and O–H groups in total. The zero-order valence-electron chi connectivity index (χ0n) is 17.1. The van der Waals surface area contributed by atoms with Crippen LogP contribution in [-0.2, 0) is 17.7 Å². The second-order valence-electron chi connectivity index (χ2n) is 7.57. The van der Waals surface area contributed by atoms with Crippen LogP contribution in [0.1, 0.15) is 37.3 Å². The van der Waals surface area contributed by atoms with Crippen molar-refractivity contribution in [2.75, 3.05) is 41.0 Å². The van der Waals surface area contributed by atoms with Crippen molar-refractivity contribution in [1.29, 1.82) is 0 Å². The van der Waals surface area contributed by atoms with E-state index in [2.05, 4.69) is 41.3 Å². The van der Waals surface area contributed by atoms with Gasteiger partial charge in [-0.15, -0.1) is 0 Å². The lowest BCUT2D eigenvalue weighted by Crippen LogP contribution is -2.39. The maximum atomic E-state index is 5.90. The second kappa shape index (κ2) is 9.31. The number of nitrogens with one attached hydrogen (secondary N) is 1. The Morgan fingerprint density at radius 2 is 2.11 bits per heavy atom. The smallest absolute Gasteiger partial charge is 0.193 e. The van der Waals surface area contributed by atoms with Crippen LogP contribution in [0.5, 0.6) is 11.5 Å². The normalized spacial score (nSPS) is 20.1. The number of hydrogen-bond acceptors (Lipinski definition) is 4. The van der Waals surface area contributed by atoms with Crippen LogP contribution >= 0.6 is 0 Å². The summed E-state index contributed by atoms with van der Waals surface area (Å²) in [6.07, 6.45) is 4.69. The van der Waals surface area contributed by atoms with Gasteiger partial charge in [-0.25, -0.2) is 0 Å². The molecule has 6 nitrogen and oxygen atoms in total. The Balaban J connectivity index is 1.56. The van der Waals surface area contributed by atoms with Crippen LogP contribution in [0.2, 0.25) is 0 Å². The minimum Gasteiger partial charge on any atom is -0.496 e. The standard InChI is InChI=1S/C21H33N3O3/c1-15-11-17-12-19(25-4)18(13-20(17)27-15)14-23-21(22-2)24(3)8-5-16-6-9-26-10-7-16/h12-13,15-16H,5-11,14H2,1-4H3,(H,22,23). The molecule has 0 spiro atoms. The number of rotatable bonds is 6. The van der Waals surface area contributed by atoms with Gasteiger partial charge >= 0.3 is 0 Å². The van der Waals surface area contributed by atoms with Gasteiger partial charge in [0.2, 0.25) is 0 Å². The molecule has 150 valence electrons. The molecular formula is C21H33N3O3. The Kier molecular flexibility index (Phi) is 6.83. The highest BCUT2D eigenvalue weighted by molar-refractivity contribution is 5.79. The molecule has 3 rings (SSSR count). The zero-order valence-corrected chi connectivity index (χ0v) is 17.1. The minimum atomic E-state index is 0.233. The largest absolute Gasteiger partial charge is 0.496 e. The third kappa shape index (κ3) is 5.06. The van der Waals surface area contributed by atoms with E-state index in [0.717, 1.165) is 55.1 Å². The maximum absolute atomic E-state index is 5.90. The van der Waals surface area contributed by atoms with Crippen LogP contribution in [0.3, 0.4) is 0 Å². The number of hydrogen-bond donors (Lipinski definition) is 1. The molecule has 0 bridgehead atoms. The van der Waals surface area contributed by atoms with Crippen LogP contribution in [0, 0.1) is 5.92 Å². The molecule has 0 aliphatic carbocycles. The fraction of sp³-hybridized carbons (Fsp3) is 0.667. The summed E-state index contributed by atoms with van der Waals surface area (Å²) in [7, 11) is 5.65. The average molecular weight is 376 g/mol. The van der Waals surface area contributed by atoms with Crippen LogP contribution in [0.4, 0.5) is 0 Å². The molecule has 1 atom stereocenters. The van der Waals surface area contributed by atoms with Gasteiger partial charge < -0.3 is 24.4 Å². The Hall–Kier alpha value is -1.95. The molecule has 1 saturated heterocycles. The number of benzene rings is 1. The third-order valence-electron chi connectivity index (χ3n) is 5.52. The zero-order chi connectivity index (χ0) is 19.2. The summed E-state index contributed by atoms with van der Waals surface area (Å²) in [5.74, 6) is 3.54. The SMILES string of the molecule is CN=C(NCc1cc2c(cc1OC)CC(C)O2)N(C)CCC1CCOCC1. The Labute approximate surface area is 162 Å². The van der Waals surface area contributed by atoms with Crippen molar-refractivity contribution in [3.05, 3.63) is 23.3 Å². The molecule has 1 fully saturated rings. The monoisotopic (exact) mass is 375 g/mol. The van der Waals surface area contributed by atoms with E-state index >= 15 is 0 Å². The lowest BCUT2D eigenvalue weighted by molar-refractivity contribution is 0.0625. The topological polar surface area (TPSA) is 55.3 Å². The van der Waals surface area contributed by atoms with Gasteiger partial charge in [-0.2, -0.15) is 0 Å². The molecule has 2 heterocycles. The fourth-order valence-corrected chi connectivity index (χ4v) is 3.89. The Morgan fingerprint density at radius 1 is 1.33 bits per heavy atom. The van der Waals surface area contributed by atoms with Crippen molar-refractivity contribution in [2.24, 2.45) is 10.9 Å². The summed E-state index contributed by atoms with van der Waals surface area (Å²) in [5.41, 5.74) is 2.31. The van der Waals surface area contributed by atoms with Crippen molar-refractivity contribution < 1.29 is 14.2 Å². The summed E-state index contributed by atoms with van der Waals surface area (Å²) in [5, 5.41) is 3.47. The first-order valence-corrected chi connectivity index (χ1v) is 9.96. The predicted octanol–water partition coefficient (Wildman–Crippen LogP) is 2.84. The van der Waals surface area contributed by atoms with E-state index in [1.54, 1.807) is 7.11 Å². The maximum Gasteiger partial charge on any atom is 0.193 e. The summed E-state index contributed by atoms with van der Waals surface area (Å²) >= 11 is 0. The molecule has 0 amide bonds. The van der Waals surface area contributed by atoms with E-state index in [1.165, 1.54) is 24.8 Å². The molecule has 1 aromatic carbocycles. The molecule has 1 unspecified atom stereocenters. The molecule has 1 aromatic rings. The van der Waals surface area contributed by atoms with Crippen molar-refractivity contribution in [1.82, 2.24) is 10.2 Å². The number of nitrogens with zero attached hydrogens (tertiary/aromatic N) is 2. The van der Waals surface area contributed by atoms with E-state index < -0.39 is 0 Å². The Bertz CT molecular complexity index is 656. The quantitative estimate of drug-likeness (QED) is 0.612. The second-order valence-corrected chi connectivity index (χ2v) is 7.57. The van der Waals surface area contributed by atoms with Gasteiger partial charge in [0.1, 0.15) is 17.6 Å². The van der Waals surface area contributed by atoms with Crippen molar-refractivity contribution in [3.8, 4) is 11.5 Å². The molecule has 2 aliphatic rings. The number of ether oxygens (including phenoxy) is 3. The summed E-state index contributed by atoms with van der Waals surface area (Å²) in [6.45, 7) is 5.55. The molecule has 0 radical (unpaired) electrons.